The van der Waals surface area contributed by atoms with Crippen LogP contribution in [-0.4, -0.2) is 6.72 Å². The topological polar surface area (TPSA) is 0 Å². The average Bonchev–Trinajstić information content (AvgIpc) is 1.00. The summed E-state index contributed by atoms with van der Waals surface area (Å²) in [5, 5.41) is 0. The molecule has 1 radical (unpaired) electrons. The van der Waals surface area contributed by atoms with Gasteiger partial charge in [-0.05, 0) is 0 Å². The minimum absolute atomic E-state index is 0. The van der Waals surface area contributed by atoms with Crippen molar-refractivity contribution in [3.63, 3.8) is 0 Å². The molecule has 0 aromatic heterocycles. The average molecular weight is 33800 g/mol. The van der Waals surface area contributed by atoms with Crippen LogP contribution in [0.25, 0.3) is 0 Å². The first-order chi connectivity index (χ1) is 1.00. The number of rotatable bonds is 0. The van der Waals surface area contributed by atoms with Crippen molar-refractivity contribution in [3.05, 3.63) is 0 Å². The van der Waals surface area contributed by atoms with E-state index in [1.807, 2.05) is 0 Å². The summed E-state index contributed by atoms with van der Waals surface area (Å²) >= 11 is 3.58. The van der Waals surface area contributed by atoms with E-state index >= 15 is 0 Å². The van der Waals surface area contributed by atoms with E-state index in [9.17, 15) is 0 Å². The molecule has 144 heavy (non-hydrogen) atoms. The standard InChI is InChI=1S/BS.142U/c1-2;;;;;;;;;;;;;;;;;;;;;;;;;;;;;;;;;;;;;;;;;;;;;;;;;;;;;;;;;;;;;;;;;;;;;;;;;;;;;;;;;;;;;;;;;;;;;;;;;;;;;;;;;;;;;;;;;;;;;;;;;;;;;;;;;;;;;;;;;;;;;;. The molecular weight excluding hydrogens is 33800 g/mol. The fourth-order valence-electron chi connectivity index (χ4n) is 0. The zero-order valence-electron chi connectivity index (χ0n) is 72.0. The van der Waals surface area contributed by atoms with Crippen LogP contribution in [0, 0.1) is 4420 Å². The van der Waals surface area contributed by atoms with Crippen LogP contribution in [0.15, 0.2) is 0 Å². The van der Waals surface area contributed by atoms with E-state index in [4.69, 9.17) is 0 Å². The van der Waals surface area contributed by atoms with Crippen molar-refractivity contribution in [2.75, 3.05) is 0 Å². The summed E-state index contributed by atoms with van der Waals surface area (Å²) in [6.45, 7) is 4.08. The smallest absolute Gasteiger partial charge is 0 e. The normalized spacial score (nSPS) is 0.0208. The van der Waals surface area contributed by atoms with Gasteiger partial charge in [0, 0.05) is 4420 Å². The Labute approximate surface area is 4260 Å². The molecule has 0 heterocycles. The molecule has 0 aliphatic carbocycles. The van der Waals surface area contributed by atoms with Crippen molar-refractivity contribution in [1.82, 2.24) is 0 Å². The molecule has 0 aromatic rings. The summed E-state index contributed by atoms with van der Waals surface area (Å²) in [5.41, 5.74) is 0. The van der Waals surface area contributed by atoms with Crippen molar-refractivity contribution in [2.45, 2.75) is 0 Å². The molecule has 0 rings (SSSR count). The first-order valence-electron chi connectivity index (χ1n) is 0.236. The van der Waals surface area contributed by atoms with Crippen molar-refractivity contribution < 1.29 is 4420 Å². The summed E-state index contributed by atoms with van der Waals surface area (Å²) in [7, 11) is 0. The zero-order chi connectivity index (χ0) is 2.00. The number of hydrogen-bond acceptors (Lipinski definition) is 1. The largest absolute Gasteiger partial charge is 0 e. The second kappa shape index (κ2) is 1110. The van der Waals surface area contributed by atoms with Gasteiger partial charge in [0.1, 0.15) is 0 Å². The molecule has 0 fully saturated rings. The molecule has 0 aliphatic heterocycles. The summed E-state index contributed by atoms with van der Waals surface area (Å²) in [6.07, 6.45) is 0. The maximum atomic E-state index is 4.08. The molecule has 0 bridgehead atoms. The molecule has 0 atom stereocenters. The van der Waals surface area contributed by atoms with E-state index in [1.54, 1.807) is 0 Å². The minimum atomic E-state index is 0. The van der Waals surface area contributed by atoms with Crippen molar-refractivity contribution in [2.24, 2.45) is 0 Å². The molecule has 0 saturated carbocycles. The summed E-state index contributed by atoms with van der Waals surface area (Å²) in [4.78, 5) is 0. The third-order valence-electron chi connectivity index (χ3n) is 0. The van der Waals surface area contributed by atoms with E-state index in [0.717, 1.165) is 0 Å². The van der Waals surface area contributed by atoms with Crippen molar-refractivity contribution in [1.29, 1.82) is 0 Å². The maximum Gasteiger partial charge on any atom is 0 e. The summed E-state index contributed by atoms with van der Waals surface area (Å²) in [6, 6.07) is 0. The molecule has 0 saturated heterocycles. The molecule has 0 spiro atoms. The summed E-state index contributed by atoms with van der Waals surface area (Å²) in [5.74, 6) is 0. The zero-order valence-corrected chi connectivity index (χ0v) is 664. The van der Waals surface area contributed by atoms with Gasteiger partial charge in [0.2, 0.25) is 0 Å². The Morgan fingerprint density at radius 3 is 0.0278 bits per heavy atom. The van der Waals surface area contributed by atoms with Gasteiger partial charge in [0.15, 0.2) is 0 Å². The van der Waals surface area contributed by atoms with Gasteiger partial charge in [0.25, 0.3) is 0 Å². The van der Waals surface area contributed by atoms with Crippen LogP contribution in [0.2, 0.25) is 0 Å². The third kappa shape index (κ3) is 1100. The molecule has 0 amide bonds. The Hall–Kier alpha value is 150. The fraction of sp³-hybridized carbons (Fsp3) is 0. The van der Waals surface area contributed by atoms with Crippen molar-refractivity contribution >= 4 is 18.8 Å². The van der Waals surface area contributed by atoms with Gasteiger partial charge in [-0.3, -0.25) is 0 Å². The first-order valence-corrected chi connectivity index (χ1v) is 0.707. The van der Waals surface area contributed by atoms with Crippen LogP contribution in [0.4, 0.5) is 0 Å². The van der Waals surface area contributed by atoms with E-state index in [2.05, 4.69) is 18.8 Å². The quantitative estimate of drug-likeness (QED) is 0.315. The van der Waals surface area contributed by atoms with E-state index in [0.29, 0.717) is 0 Å². The second-order valence-corrected chi connectivity index (χ2v) is 0. The van der Waals surface area contributed by atoms with Crippen LogP contribution < -0.4 is 0 Å². The van der Waals surface area contributed by atoms with Crippen LogP contribution in [0.1, 0.15) is 0 Å². The predicted molar refractivity (Wildman–Crippen MR) is 13.3 cm³/mol. The Bertz CT molecular complexity index is 17.2. The first kappa shape index (κ1) is 1110. The molecule has 0 aliphatic rings. The Balaban J connectivity index is -0.000000000000499. The monoisotopic (exact) mass is 33800 g/mol. The molecule has 0 nitrogen and oxygen atoms in total. The van der Waals surface area contributed by atoms with E-state index in [1.165, 1.54) is 0 Å². The van der Waals surface area contributed by atoms with Gasteiger partial charge in [-0.15, -0.1) is 0 Å². The SMILES string of the molecule is [B]=S.[U].[U].[U].[U].[U].[U].[U].[U].[U].[U].[U].[U].[U].[U].[U].[U].[U].[U].[U].[U].[U].[U].[U].[U].[U].[U].[U].[U].[U].[U].[U].[U].[U].[U].[U].[U].[U].[U].[U].[U].[U].[U].[U].[U].[U].[U].[U].[U].[U].[U].[U].[U].[U].[U].[U].[U].[U].[U].[U].[U].[U].[U].[U].[U].[U].[U].[U].[U].[U].[U].[U].[U].[U].[U].[U].[U].[U].[U].[U].[U].[U].[U].[U].[U].[U].[U].[U].[U].[U].[U].[U].[U].[U].[U].[U].[U].[U].[U].[U].[U].[U].[U].[U].[U].[U].[U].[U].[U].[U].[U].[U].[U].[U].[U].[U].[U].[U].[U].[U].[U].[U].[U].[U].[U].[U].[U].[U].[U].[U].[U].[U].[U].[U].[U].[U].[U].[U].[U].[U].[U].[U].[U]. The van der Waals surface area contributed by atoms with Crippen LogP contribution >= 0.6 is 12.1 Å². The van der Waals surface area contributed by atoms with Gasteiger partial charge in [-0.2, -0.15) is 0 Å². The fourth-order valence-corrected chi connectivity index (χ4v) is 0. The van der Waals surface area contributed by atoms with Gasteiger partial charge in [0.05, 0.1) is 0 Å². The maximum absolute atomic E-state index is 4.08. The molecule has 0 unspecified atom stereocenters. The Kier molecular flexibility index (Phi) is 8550. The molecule has 577 valence electrons. The Morgan fingerprint density at radius 2 is 0.0278 bits per heavy atom. The summed E-state index contributed by atoms with van der Waals surface area (Å²) < 4.78 is 0. The third-order valence-corrected chi connectivity index (χ3v) is 0. The van der Waals surface area contributed by atoms with E-state index < -0.39 is 0 Å². The predicted octanol–water partition coefficient (Wildman–Crippen LogP) is 0.267. The van der Waals surface area contributed by atoms with Gasteiger partial charge in [-0.1, -0.05) is 0 Å². The van der Waals surface area contributed by atoms with Crippen LogP contribution in [0.3, 0.4) is 0 Å². The van der Waals surface area contributed by atoms with E-state index in [-0.39, 0.29) is 4420 Å². The van der Waals surface area contributed by atoms with Crippen LogP contribution in [-0.2, 0) is 0 Å². The van der Waals surface area contributed by atoms with Crippen LogP contribution in [0.5, 0.6) is 0 Å². The van der Waals surface area contributed by atoms with Gasteiger partial charge < -0.3 is 0 Å². The van der Waals surface area contributed by atoms with Gasteiger partial charge in [-0.25, -0.2) is 0 Å². The number of hydrogen-bond donors (Lipinski definition) is 0. The molecule has 144 heteroatoms. The molecule has 0 aromatic carbocycles. The minimum Gasteiger partial charge on any atom is 0 e. The second-order valence-electron chi connectivity index (χ2n) is 0. The molecule has 0 N–H and O–H groups in total. The van der Waals surface area contributed by atoms with Gasteiger partial charge >= 0.3 is 18.8 Å². The Morgan fingerprint density at radius 1 is 0.0278 bits per heavy atom. The van der Waals surface area contributed by atoms with Crippen molar-refractivity contribution in [3.8, 4) is 0 Å². The molecular formula is BSU142.